The van der Waals surface area contributed by atoms with Gasteiger partial charge >= 0.3 is 0 Å². The number of imidazole rings is 2. The Bertz CT molecular complexity index is 816. The summed E-state index contributed by atoms with van der Waals surface area (Å²) >= 11 is 0. The van der Waals surface area contributed by atoms with Gasteiger partial charge in [0.15, 0.2) is 0 Å². The molecular formula is C18H23N5. The highest BCUT2D eigenvalue weighted by atomic mass is 15.2. The average Bonchev–Trinajstić information content (AvgIpc) is 3.12. The van der Waals surface area contributed by atoms with E-state index in [1.54, 1.807) is 0 Å². The molecule has 120 valence electrons. The molecule has 0 bridgehead atoms. The monoisotopic (exact) mass is 309 g/mol. The summed E-state index contributed by atoms with van der Waals surface area (Å²) in [7, 11) is 2.14. The van der Waals surface area contributed by atoms with E-state index in [9.17, 15) is 0 Å². The third kappa shape index (κ3) is 2.77. The molecule has 1 aliphatic rings. The first-order valence-electron chi connectivity index (χ1n) is 8.35. The first kappa shape index (κ1) is 14.5. The lowest BCUT2D eigenvalue weighted by molar-refractivity contribution is 0.191. The van der Waals surface area contributed by atoms with Crippen LogP contribution in [0.1, 0.15) is 36.1 Å². The predicted molar refractivity (Wildman–Crippen MR) is 91.3 cm³/mol. The van der Waals surface area contributed by atoms with E-state index in [1.807, 2.05) is 6.20 Å². The topological polar surface area (TPSA) is 49.7 Å². The highest BCUT2D eigenvalue weighted by Crippen LogP contribution is 2.29. The van der Waals surface area contributed by atoms with Gasteiger partial charge in [-0.2, -0.15) is 0 Å². The average molecular weight is 309 g/mol. The minimum absolute atomic E-state index is 0.497. The van der Waals surface area contributed by atoms with E-state index in [2.05, 4.69) is 57.7 Å². The van der Waals surface area contributed by atoms with E-state index in [-0.39, 0.29) is 0 Å². The van der Waals surface area contributed by atoms with E-state index >= 15 is 0 Å². The molecule has 4 rings (SSSR count). The molecular weight excluding hydrogens is 286 g/mol. The van der Waals surface area contributed by atoms with Gasteiger partial charge in [-0.15, -0.1) is 0 Å². The highest BCUT2D eigenvalue weighted by Gasteiger charge is 2.25. The second-order valence-corrected chi connectivity index (χ2v) is 6.60. The second-order valence-electron chi connectivity index (χ2n) is 6.60. The quantitative estimate of drug-likeness (QED) is 0.809. The predicted octanol–water partition coefficient (Wildman–Crippen LogP) is 2.98. The number of likely N-dealkylation sites (tertiary alicyclic amines) is 1. The van der Waals surface area contributed by atoms with Crippen LogP contribution >= 0.6 is 0 Å². The molecule has 1 atom stereocenters. The van der Waals surface area contributed by atoms with E-state index in [1.165, 1.54) is 24.2 Å². The standard InChI is InChI=1S/C18H23N5/c1-13-10-19-17(20-13)12-23-9-5-6-14(11-23)18-21-15-7-3-4-8-16(15)22(18)2/h3-4,7-8,10,14H,5-6,9,11-12H2,1-2H3,(H,19,20)/t14-/m1/s1. The van der Waals surface area contributed by atoms with E-state index < -0.39 is 0 Å². The molecule has 0 aliphatic carbocycles. The number of rotatable bonds is 3. The van der Waals surface area contributed by atoms with Crippen molar-refractivity contribution in [3.63, 3.8) is 0 Å². The van der Waals surface area contributed by atoms with Crippen molar-refractivity contribution in [2.24, 2.45) is 7.05 Å². The zero-order valence-corrected chi connectivity index (χ0v) is 13.8. The van der Waals surface area contributed by atoms with Crippen molar-refractivity contribution >= 4 is 11.0 Å². The zero-order valence-electron chi connectivity index (χ0n) is 13.8. The fourth-order valence-corrected chi connectivity index (χ4v) is 3.70. The minimum Gasteiger partial charge on any atom is -0.345 e. The van der Waals surface area contributed by atoms with Crippen molar-refractivity contribution in [3.8, 4) is 0 Å². The minimum atomic E-state index is 0.497. The molecule has 3 heterocycles. The molecule has 0 unspecified atom stereocenters. The molecule has 3 aromatic rings. The van der Waals surface area contributed by atoms with Crippen LogP contribution in [0.25, 0.3) is 11.0 Å². The van der Waals surface area contributed by atoms with Gasteiger partial charge in [-0.1, -0.05) is 12.1 Å². The lowest BCUT2D eigenvalue weighted by Gasteiger charge is -2.31. The maximum atomic E-state index is 4.89. The van der Waals surface area contributed by atoms with Crippen LogP contribution in [0, 0.1) is 6.92 Å². The number of aromatic nitrogens is 4. The Hall–Kier alpha value is -2.14. The van der Waals surface area contributed by atoms with Gasteiger partial charge in [0.05, 0.1) is 17.6 Å². The summed E-state index contributed by atoms with van der Waals surface area (Å²) in [6.45, 7) is 5.14. The molecule has 5 nitrogen and oxygen atoms in total. The smallest absolute Gasteiger partial charge is 0.120 e. The van der Waals surface area contributed by atoms with Crippen molar-refractivity contribution in [1.29, 1.82) is 0 Å². The number of aryl methyl sites for hydroxylation is 2. The molecule has 1 aliphatic heterocycles. The summed E-state index contributed by atoms with van der Waals surface area (Å²) in [5.74, 6) is 2.77. The first-order chi connectivity index (χ1) is 11.2. The molecule has 1 saturated heterocycles. The zero-order chi connectivity index (χ0) is 15.8. The molecule has 23 heavy (non-hydrogen) atoms. The van der Waals surface area contributed by atoms with Crippen LogP contribution in [-0.2, 0) is 13.6 Å². The van der Waals surface area contributed by atoms with E-state index in [0.29, 0.717) is 5.92 Å². The molecule has 0 radical (unpaired) electrons. The van der Waals surface area contributed by atoms with Crippen molar-refractivity contribution < 1.29 is 0 Å². The molecule has 2 aromatic heterocycles. The fourth-order valence-electron chi connectivity index (χ4n) is 3.70. The Morgan fingerprint density at radius 2 is 2.17 bits per heavy atom. The van der Waals surface area contributed by atoms with Crippen molar-refractivity contribution in [1.82, 2.24) is 24.4 Å². The van der Waals surface area contributed by atoms with Gasteiger partial charge in [0, 0.05) is 31.4 Å². The number of benzene rings is 1. The van der Waals surface area contributed by atoms with Crippen LogP contribution in [0.15, 0.2) is 30.5 Å². The molecule has 0 saturated carbocycles. The third-order valence-electron chi connectivity index (χ3n) is 4.82. The van der Waals surface area contributed by atoms with Gasteiger partial charge in [0.1, 0.15) is 11.6 Å². The van der Waals surface area contributed by atoms with Crippen molar-refractivity contribution in [3.05, 3.63) is 47.8 Å². The molecule has 5 heteroatoms. The van der Waals surface area contributed by atoms with Crippen molar-refractivity contribution in [2.75, 3.05) is 13.1 Å². The van der Waals surface area contributed by atoms with Gasteiger partial charge in [0.25, 0.3) is 0 Å². The third-order valence-corrected chi connectivity index (χ3v) is 4.82. The number of nitrogens with zero attached hydrogens (tertiary/aromatic N) is 4. The Morgan fingerprint density at radius 1 is 1.30 bits per heavy atom. The van der Waals surface area contributed by atoms with Crippen LogP contribution in [0.5, 0.6) is 0 Å². The van der Waals surface area contributed by atoms with Crippen LogP contribution in [0.3, 0.4) is 0 Å². The summed E-state index contributed by atoms with van der Waals surface area (Å²) in [6.07, 6.45) is 4.33. The lowest BCUT2D eigenvalue weighted by Crippen LogP contribution is -2.35. The largest absolute Gasteiger partial charge is 0.345 e. The summed E-state index contributed by atoms with van der Waals surface area (Å²) in [5.41, 5.74) is 3.45. The number of para-hydroxylation sites is 2. The van der Waals surface area contributed by atoms with E-state index in [0.717, 1.165) is 36.7 Å². The van der Waals surface area contributed by atoms with Gasteiger partial charge in [-0.25, -0.2) is 9.97 Å². The van der Waals surface area contributed by atoms with Gasteiger partial charge in [-0.3, -0.25) is 4.90 Å². The highest BCUT2D eigenvalue weighted by molar-refractivity contribution is 5.75. The molecule has 1 aromatic carbocycles. The van der Waals surface area contributed by atoms with Crippen LogP contribution in [0.2, 0.25) is 0 Å². The summed E-state index contributed by atoms with van der Waals surface area (Å²) in [4.78, 5) is 15.2. The molecule has 0 spiro atoms. The second kappa shape index (κ2) is 5.81. The number of hydrogen-bond donors (Lipinski definition) is 1. The number of aromatic amines is 1. The fraction of sp³-hybridized carbons (Fsp3) is 0.444. The Labute approximate surface area is 136 Å². The Morgan fingerprint density at radius 3 is 2.96 bits per heavy atom. The molecule has 1 fully saturated rings. The number of hydrogen-bond acceptors (Lipinski definition) is 3. The van der Waals surface area contributed by atoms with E-state index in [4.69, 9.17) is 4.98 Å². The van der Waals surface area contributed by atoms with Gasteiger partial charge < -0.3 is 9.55 Å². The SMILES string of the molecule is Cc1cnc(CN2CCC[C@@H](c3nc4ccccc4n3C)C2)[nH]1. The lowest BCUT2D eigenvalue weighted by atomic mass is 9.97. The summed E-state index contributed by atoms with van der Waals surface area (Å²) in [5, 5.41) is 0. The number of nitrogens with one attached hydrogen (secondary N) is 1. The summed E-state index contributed by atoms with van der Waals surface area (Å²) in [6, 6.07) is 8.40. The molecule has 0 amide bonds. The Balaban J connectivity index is 1.55. The summed E-state index contributed by atoms with van der Waals surface area (Å²) < 4.78 is 2.26. The number of H-pyrrole nitrogens is 1. The normalized spacial score (nSPS) is 19.5. The number of fused-ring (bicyclic) bond motifs is 1. The Kier molecular flexibility index (Phi) is 3.65. The first-order valence-corrected chi connectivity index (χ1v) is 8.35. The molecule has 1 N–H and O–H groups in total. The van der Waals surface area contributed by atoms with Crippen LogP contribution < -0.4 is 0 Å². The van der Waals surface area contributed by atoms with Crippen molar-refractivity contribution in [2.45, 2.75) is 32.2 Å². The maximum absolute atomic E-state index is 4.89. The maximum Gasteiger partial charge on any atom is 0.120 e. The van der Waals surface area contributed by atoms with Crippen LogP contribution in [-0.4, -0.2) is 37.5 Å². The van der Waals surface area contributed by atoms with Crippen LogP contribution in [0.4, 0.5) is 0 Å². The number of piperidine rings is 1. The van der Waals surface area contributed by atoms with Gasteiger partial charge in [-0.05, 0) is 38.4 Å². The van der Waals surface area contributed by atoms with Gasteiger partial charge in [0.2, 0.25) is 0 Å².